The molecule has 1 amide bonds. The van der Waals surface area contributed by atoms with E-state index in [1.807, 2.05) is 29.9 Å². The number of rotatable bonds is 8. The Balaban J connectivity index is 1.14. The topological polar surface area (TPSA) is 126 Å². The van der Waals surface area contributed by atoms with Gasteiger partial charge in [-0.05, 0) is 75.5 Å². The third kappa shape index (κ3) is 6.18. The molecule has 0 spiro atoms. The largest absolute Gasteiger partial charge is 0.393 e. The van der Waals surface area contributed by atoms with E-state index in [4.69, 9.17) is 4.98 Å². The highest BCUT2D eigenvalue weighted by Gasteiger charge is 2.22. The number of hydrogen-bond donors (Lipinski definition) is 3. The number of hydrogen-bond acceptors (Lipinski definition) is 9. The van der Waals surface area contributed by atoms with Crippen molar-refractivity contribution < 1.29 is 9.90 Å². The maximum absolute atomic E-state index is 12.6. The minimum Gasteiger partial charge on any atom is -0.393 e. The first-order chi connectivity index (χ1) is 19.4. The van der Waals surface area contributed by atoms with Crippen molar-refractivity contribution in [2.24, 2.45) is 5.92 Å². The SMILES string of the molecule is Cc1cn2c(-c3cnn(CC(=O)N[C@H]4CC[C@H](O)CC4)c3)cnc2c(Nc2cc(CN3CCCC(C)C3)ns2)n1. The molecular weight excluding hydrogens is 526 g/mol. The summed E-state index contributed by atoms with van der Waals surface area (Å²) in [6.07, 6.45) is 12.8. The van der Waals surface area contributed by atoms with Crippen molar-refractivity contribution >= 4 is 33.9 Å². The fourth-order valence-electron chi connectivity index (χ4n) is 5.85. The van der Waals surface area contributed by atoms with E-state index in [9.17, 15) is 9.90 Å². The van der Waals surface area contributed by atoms with E-state index in [0.29, 0.717) is 11.5 Å². The van der Waals surface area contributed by atoms with Gasteiger partial charge < -0.3 is 15.7 Å². The van der Waals surface area contributed by atoms with Crippen LogP contribution in [0.25, 0.3) is 16.9 Å². The quantitative estimate of drug-likeness (QED) is 0.296. The predicted octanol–water partition coefficient (Wildman–Crippen LogP) is 3.75. The van der Waals surface area contributed by atoms with E-state index in [2.05, 4.69) is 43.0 Å². The fraction of sp³-hybridized carbons (Fsp3) is 0.536. The molecular formula is C28H37N9O2S. The number of amides is 1. The zero-order valence-electron chi connectivity index (χ0n) is 23.1. The molecule has 4 aromatic heterocycles. The summed E-state index contributed by atoms with van der Waals surface area (Å²) in [5.41, 5.74) is 4.39. The van der Waals surface area contributed by atoms with Crippen LogP contribution in [0.4, 0.5) is 10.8 Å². The van der Waals surface area contributed by atoms with E-state index < -0.39 is 0 Å². The summed E-state index contributed by atoms with van der Waals surface area (Å²) in [7, 11) is 0. The molecule has 2 aliphatic rings. The zero-order valence-corrected chi connectivity index (χ0v) is 23.9. The second kappa shape index (κ2) is 11.6. The van der Waals surface area contributed by atoms with E-state index in [1.165, 1.54) is 24.4 Å². The third-order valence-corrected chi connectivity index (χ3v) is 8.58. The van der Waals surface area contributed by atoms with Crippen molar-refractivity contribution in [1.82, 2.24) is 38.7 Å². The summed E-state index contributed by atoms with van der Waals surface area (Å²) in [5, 5.41) is 21.6. The van der Waals surface area contributed by atoms with Gasteiger partial charge in [0.25, 0.3) is 0 Å². The molecule has 1 aliphatic carbocycles. The number of nitrogens with one attached hydrogen (secondary N) is 2. The highest BCUT2D eigenvalue weighted by atomic mass is 32.1. The van der Waals surface area contributed by atoms with Gasteiger partial charge in [-0.2, -0.15) is 9.47 Å². The monoisotopic (exact) mass is 563 g/mol. The first-order valence-corrected chi connectivity index (χ1v) is 15.0. The minimum absolute atomic E-state index is 0.0700. The van der Waals surface area contributed by atoms with Crippen LogP contribution >= 0.6 is 11.5 Å². The number of aryl methyl sites for hydroxylation is 1. The van der Waals surface area contributed by atoms with Gasteiger partial charge in [0.05, 0.1) is 35.6 Å². The minimum atomic E-state index is -0.241. The van der Waals surface area contributed by atoms with Crippen LogP contribution in [0.1, 0.15) is 56.8 Å². The summed E-state index contributed by atoms with van der Waals surface area (Å²) in [6.45, 7) is 7.56. The van der Waals surface area contributed by atoms with Crippen LogP contribution in [0.15, 0.2) is 30.9 Å². The van der Waals surface area contributed by atoms with Crippen LogP contribution in [0.3, 0.4) is 0 Å². The maximum Gasteiger partial charge on any atom is 0.241 e. The fourth-order valence-corrected chi connectivity index (χ4v) is 6.51. The van der Waals surface area contributed by atoms with E-state index in [0.717, 1.165) is 78.9 Å². The Labute approximate surface area is 237 Å². The summed E-state index contributed by atoms with van der Waals surface area (Å²) in [4.78, 5) is 24.5. The van der Waals surface area contributed by atoms with E-state index >= 15 is 0 Å². The Morgan fingerprint density at radius 1 is 1.18 bits per heavy atom. The summed E-state index contributed by atoms with van der Waals surface area (Å²) >= 11 is 1.44. The van der Waals surface area contributed by atoms with Crippen molar-refractivity contribution in [1.29, 1.82) is 0 Å². The molecule has 0 bridgehead atoms. The van der Waals surface area contributed by atoms with Crippen LogP contribution in [0, 0.1) is 12.8 Å². The van der Waals surface area contributed by atoms with Gasteiger partial charge in [-0.15, -0.1) is 0 Å². The lowest BCUT2D eigenvalue weighted by molar-refractivity contribution is -0.122. The number of carbonyl (C=O) groups is 1. The Kier molecular flexibility index (Phi) is 7.81. The van der Waals surface area contributed by atoms with E-state index in [-0.39, 0.29) is 24.6 Å². The van der Waals surface area contributed by atoms with Gasteiger partial charge in [-0.1, -0.05) is 6.92 Å². The number of fused-ring (bicyclic) bond motifs is 1. The summed E-state index contributed by atoms with van der Waals surface area (Å²) in [5.74, 6) is 1.35. The molecule has 1 saturated heterocycles. The number of aliphatic hydroxyl groups excluding tert-OH is 1. The van der Waals surface area contributed by atoms with E-state index in [1.54, 1.807) is 10.9 Å². The number of piperidine rings is 1. The maximum atomic E-state index is 12.6. The number of aromatic nitrogens is 6. The standard InChI is InChI=1S/C28H37N9O2S/c1-18-4-3-9-35(13-18)16-22-10-26(40-34-22)33-27-28-29-12-24(37(28)14-19(2)31-27)20-11-30-36(15-20)17-25(39)32-21-5-7-23(38)8-6-21/h10-12,14-15,18,21,23,38H,3-9,13,16-17H2,1-2H3,(H,31,33)(H,32,39)/t18?,21-,23-. The molecule has 12 heteroatoms. The average Bonchev–Trinajstić information content (AvgIpc) is 3.66. The second-order valence-corrected chi connectivity index (χ2v) is 12.2. The van der Waals surface area contributed by atoms with Gasteiger partial charge in [0.15, 0.2) is 11.5 Å². The molecule has 0 radical (unpaired) electrons. The lowest BCUT2D eigenvalue weighted by atomic mass is 9.93. The number of carbonyl (C=O) groups excluding carboxylic acids is 1. The predicted molar refractivity (Wildman–Crippen MR) is 154 cm³/mol. The molecule has 212 valence electrons. The second-order valence-electron chi connectivity index (χ2n) is 11.4. The lowest BCUT2D eigenvalue weighted by Gasteiger charge is -2.30. The zero-order chi connectivity index (χ0) is 27.6. The number of aliphatic hydroxyl groups is 1. The molecule has 6 rings (SSSR count). The van der Waals surface area contributed by atoms with Crippen molar-refractivity contribution in [3.8, 4) is 11.3 Å². The highest BCUT2D eigenvalue weighted by molar-refractivity contribution is 7.10. The van der Waals surface area contributed by atoms with Gasteiger partial charge in [0, 0.05) is 37.1 Å². The van der Waals surface area contributed by atoms with Crippen LogP contribution in [0.5, 0.6) is 0 Å². The van der Waals surface area contributed by atoms with Crippen LogP contribution in [-0.2, 0) is 17.9 Å². The van der Waals surface area contributed by atoms with Gasteiger partial charge >= 0.3 is 0 Å². The first kappa shape index (κ1) is 26.9. The number of imidazole rings is 1. The average molecular weight is 564 g/mol. The number of likely N-dealkylation sites (tertiary alicyclic amines) is 1. The highest BCUT2D eigenvalue weighted by Crippen LogP contribution is 2.28. The molecule has 5 heterocycles. The molecule has 1 saturated carbocycles. The number of anilines is 2. The third-order valence-electron chi connectivity index (χ3n) is 7.84. The lowest BCUT2D eigenvalue weighted by Crippen LogP contribution is -2.40. The normalized spacial score (nSPS) is 22.0. The molecule has 2 fully saturated rings. The van der Waals surface area contributed by atoms with Crippen molar-refractivity contribution in [2.75, 3.05) is 18.4 Å². The van der Waals surface area contributed by atoms with Crippen LogP contribution < -0.4 is 10.6 Å². The van der Waals surface area contributed by atoms with Crippen LogP contribution in [0.2, 0.25) is 0 Å². The van der Waals surface area contributed by atoms with Gasteiger partial charge in [-0.3, -0.25) is 18.8 Å². The molecule has 1 aliphatic heterocycles. The van der Waals surface area contributed by atoms with Crippen molar-refractivity contribution in [3.63, 3.8) is 0 Å². The Bertz CT molecular complexity index is 1470. The van der Waals surface area contributed by atoms with Gasteiger partial charge in [0.2, 0.25) is 5.91 Å². The Hall–Kier alpha value is -3.35. The smallest absolute Gasteiger partial charge is 0.241 e. The van der Waals surface area contributed by atoms with Gasteiger partial charge in [0.1, 0.15) is 11.5 Å². The molecule has 4 aromatic rings. The summed E-state index contributed by atoms with van der Waals surface area (Å²) < 4.78 is 8.34. The first-order valence-electron chi connectivity index (χ1n) is 14.2. The van der Waals surface area contributed by atoms with Gasteiger partial charge in [-0.25, -0.2) is 9.97 Å². The molecule has 1 atom stereocenters. The Morgan fingerprint density at radius 3 is 2.85 bits per heavy atom. The van der Waals surface area contributed by atoms with Crippen molar-refractivity contribution in [3.05, 3.63) is 42.2 Å². The van der Waals surface area contributed by atoms with Crippen molar-refractivity contribution in [2.45, 2.75) is 77.6 Å². The molecule has 1 unspecified atom stereocenters. The molecule has 40 heavy (non-hydrogen) atoms. The molecule has 11 nitrogen and oxygen atoms in total. The molecule has 3 N–H and O–H groups in total. The Morgan fingerprint density at radius 2 is 2.02 bits per heavy atom. The number of nitrogens with zero attached hydrogens (tertiary/aromatic N) is 7. The summed E-state index contributed by atoms with van der Waals surface area (Å²) in [6, 6.07) is 2.23. The van der Waals surface area contributed by atoms with Crippen LogP contribution in [-0.4, -0.2) is 69.7 Å². The molecule has 0 aromatic carbocycles.